The summed E-state index contributed by atoms with van der Waals surface area (Å²) < 4.78 is 58.7. The first kappa shape index (κ1) is 63.5. The molecule has 0 bridgehead atoms. The molecule has 4 aliphatic heterocycles. The quantitative estimate of drug-likeness (QED) is 0.0267. The first-order valence-electron chi connectivity index (χ1n) is 23.8. The molecule has 1 amide bonds. The van der Waals surface area contributed by atoms with Crippen molar-refractivity contribution in [3.8, 4) is 0 Å². The van der Waals surface area contributed by atoms with Crippen molar-refractivity contribution in [2.45, 2.75) is 141 Å². The van der Waals surface area contributed by atoms with Crippen LogP contribution < -0.4 is 16.8 Å². The van der Waals surface area contributed by atoms with Crippen LogP contribution in [0.4, 0.5) is 0 Å². The summed E-state index contributed by atoms with van der Waals surface area (Å²) in [6.07, 6.45) is -24.2. The summed E-state index contributed by atoms with van der Waals surface area (Å²) in [4.78, 5) is 12.4. The average molecular weight is 1110 g/mol. The van der Waals surface area contributed by atoms with Crippen molar-refractivity contribution < 1.29 is 108 Å². The van der Waals surface area contributed by atoms with Gasteiger partial charge in [-0.15, -0.1) is 11.8 Å². The molecule has 0 saturated carbocycles. The average Bonchev–Trinajstić information content (AvgIpc) is 3.36. The van der Waals surface area contributed by atoms with Gasteiger partial charge in [0.2, 0.25) is 5.91 Å². The molecule has 418 valence electrons. The van der Waals surface area contributed by atoms with Gasteiger partial charge >= 0.3 is 0 Å². The summed E-state index contributed by atoms with van der Waals surface area (Å²) in [6.45, 7) is -0.277. The second-order valence-corrected chi connectivity index (χ2v) is 21.8. The molecule has 0 radical (unpaired) electrons. The first-order valence-corrected chi connectivity index (χ1v) is 28.3. The molecule has 71 heavy (non-hydrogen) atoms. The lowest BCUT2D eigenvalue weighted by molar-refractivity contribution is -0.348. The molecule has 25 nitrogen and oxygen atoms in total. The van der Waals surface area contributed by atoms with Crippen LogP contribution in [0.25, 0.3) is 0 Å². The van der Waals surface area contributed by atoms with E-state index in [2.05, 4.69) is 5.32 Å². The van der Waals surface area contributed by atoms with Gasteiger partial charge in [0.1, 0.15) is 103 Å². The number of rotatable bonds is 34. The first-order chi connectivity index (χ1) is 34.2. The number of methoxy groups -OCH3 is 1. The van der Waals surface area contributed by atoms with Crippen LogP contribution in [0.15, 0.2) is 0 Å². The maximum absolute atomic E-state index is 12.4. The van der Waals surface area contributed by atoms with Crippen LogP contribution in [0.2, 0.25) is 0 Å². The van der Waals surface area contributed by atoms with E-state index >= 15 is 0 Å². The highest BCUT2D eigenvalue weighted by Crippen LogP contribution is 2.32. The van der Waals surface area contributed by atoms with Crippen molar-refractivity contribution in [1.29, 1.82) is 0 Å². The normalized spacial score (nSPS) is 37.8. The van der Waals surface area contributed by atoms with Crippen molar-refractivity contribution in [1.82, 2.24) is 5.32 Å². The fourth-order valence-electron chi connectivity index (χ4n) is 7.80. The molecule has 4 heterocycles. The van der Waals surface area contributed by atoms with Gasteiger partial charge in [-0.1, -0.05) is 0 Å². The Labute approximate surface area is 430 Å². The van der Waals surface area contributed by atoms with Crippen LogP contribution in [0.5, 0.6) is 0 Å². The Morgan fingerprint density at radius 2 is 0.915 bits per heavy atom. The molecule has 0 aromatic carbocycles. The maximum atomic E-state index is 12.4. The molecule has 4 fully saturated rings. The number of aliphatic hydroxyl groups excluding tert-OH is 11. The Bertz CT molecular complexity index is 1440. The van der Waals surface area contributed by atoms with E-state index in [4.69, 9.17) is 58.8 Å². The molecule has 4 saturated heterocycles. The molecule has 4 aliphatic rings. The van der Waals surface area contributed by atoms with E-state index in [9.17, 15) is 61.0 Å². The monoisotopic (exact) mass is 1110 g/mol. The van der Waals surface area contributed by atoms with Crippen molar-refractivity contribution in [3.63, 3.8) is 0 Å². The molecular formula is C42H79N3O22S4. The van der Waals surface area contributed by atoms with Crippen LogP contribution in [-0.4, -0.2) is 297 Å². The minimum atomic E-state index is -1.61. The number of ether oxygens (including phenoxy) is 10. The minimum Gasteiger partial charge on any atom is -0.394 e. The molecule has 29 heteroatoms. The lowest BCUT2D eigenvalue weighted by Gasteiger charge is -2.45. The highest BCUT2D eigenvalue weighted by Gasteiger charge is 2.51. The van der Waals surface area contributed by atoms with Crippen LogP contribution in [0.3, 0.4) is 0 Å². The van der Waals surface area contributed by atoms with Crippen LogP contribution in [0, 0.1) is 0 Å². The summed E-state index contributed by atoms with van der Waals surface area (Å²) in [7, 11) is 1.37. The fraction of sp³-hybridized carbons (Fsp3) is 0.976. The van der Waals surface area contributed by atoms with Gasteiger partial charge in [-0.05, 0) is 36.5 Å². The number of nitrogens with one attached hydrogen (secondary N) is 1. The van der Waals surface area contributed by atoms with Crippen molar-refractivity contribution in [2.24, 2.45) is 11.5 Å². The summed E-state index contributed by atoms with van der Waals surface area (Å²) in [6, 6.07) is 0. The summed E-state index contributed by atoms with van der Waals surface area (Å²) in [5, 5.41) is 119. The van der Waals surface area contributed by atoms with Crippen molar-refractivity contribution >= 4 is 53.0 Å². The van der Waals surface area contributed by atoms with Gasteiger partial charge in [0.15, 0.2) is 18.9 Å². The Kier molecular flexibility index (Phi) is 31.0. The third-order valence-corrected chi connectivity index (χ3v) is 16.2. The maximum Gasteiger partial charge on any atom is 0.230 e. The van der Waals surface area contributed by atoms with Gasteiger partial charge in [-0.3, -0.25) is 4.79 Å². The van der Waals surface area contributed by atoms with Gasteiger partial charge < -0.3 is 120 Å². The number of hydrogen-bond acceptors (Lipinski definition) is 28. The van der Waals surface area contributed by atoms with Gasteiger partial charge in [-0.25, -0.2) is 0 Å². The van der Waals surface area contributed by atoms with E-state index < -0.39 is 148 Å². The highest BCUT2D eigenvalue weighted by atomic mass is 32.2. The minimum absolute atomic E-state index is 0.0620. The Hall–Kier alpha value is -0.0500. The second kappa shape index (κ2) is 34.7. The molecular weight excluding hydrogens is 1030 g/mol. The second-order valence-electron chi connectivity index (χ2n) is 17.0. The molecule has 16 N–H and O–H groups in total. The SMILES string of the molecule is CO[C@H]1O[C@H](CO[C@H]2O[C@H](CO[C@H]3O[C@H](CO)[C@@H](O)[C@H](O)[C@H]3OCCCSCCNC(=O)CS[C@H]3OC(CO)[C@@H](O)[C@H](O)C3O)[C@@H](O)[C@H](O)[C@H]2OCCCSCCN)[C@@H](O)[C@H](O)[C@H]1OCCCSCCN. The van der Waals surface area contributed by atoms with Gasteiger partial charge in [0.25, 0.3) is 0 Å². The zero-order valence-corrected chi connectivity index (χ0v) is 43.2. The number of amides is 1. The molecule has 2 unspecified atom stereocenters. The van der Waals surface area contributed by atoms with Crippen LogP contribution in [0.1, 0.15) is 19.3 Å². The summed E-state index contributed by atoms with van der Waals surface area (Å²) >= 11 is 5.70. The molecule has 0 spiro atoms. The van der Waals surface area contributed by atoms with Crippen LogP contribution >= 0.6 is 47.0 Å². The van der Waals surface area contributed by atoms with E-state index in [-0.39, 0.29) is 31.5 Å². The predicted octanol–water partition coefficient (Wildman–Crippen LogP) is -5.91. The molecule has 4 rings (SSSR count). The summed E-state index contributed by atoms with van der Waals surface area (Å²) in [5.41, 5.74) is 10.1. The number of thioether (sulfide) groups is 4. The smallest absolute Gasteiger partial charge is 0.230 e. The molecule has 20 atom stereocenters. The van der Waals surface area contributed by atoms with E-state index in [1.54, 1.807) is 23.5 Å². The largest absolute Gasteiger partial charge is 0.394 e. The third-order valence-electron chi connectivity index (χ3n) is 11.7. The Morgan fingerprint density at radius 3 is 1.38 bits per heavy atom. The number of hydrogen-bond donors (Lipinski definition) is 14. The van der Waals surface area contributed by atoms with E-state index in [0.717, 1.165) is 29.0 Å². The number of carbonyl (C=O) groups is 1. The van der Waals surface area contributed by atoms with Crippen molar-refractivity contribution in [3.05, 3.63) is 0 Å². The number of nitrogens with two attached hydrogens (primary N) is 2. The van der Waals surface area contributed by atoms with E-state index in [0.29, 0.717) is 56.2 Å². The topological polar surface area (TPSA) is 396 Å². The van der Waals surface area contributed by atoms with Crippen LogP contribution in [-0.2, 0) is 52.2 Å². The third kappa shape index (κ3) is 19.7. The lowest BCUT2D eigenvalue weighted by Crippen LogP contribution is -2.63. The van der Waals surface area contributed by atoms with E-state index in [1.807, 2.05) is 0 Å². The zero-order chi connectivity index (χ0) is 51.9. The van der Waals surface area contributed by atoms with Gasteiger partial charge in [0, 0.05) is 63.8 Å². The number of carbonyl (C=O) groups excluding carboxylic acids is 1. The van der Waals surface area contributed by atoms with Crippen molar-refractivity contribution in [2.75, 3.05) is 113 Å². The molecule has 0 aromatic rings. The zero-order valence-electron chi connectivity index (χ0n) is 39.9. The van der Waals surface area contributed by atoms with Gasteiger partial charge in [0.05, 0.1) is 32.2 Å². The fourth-order valence-corrected chi connectivity index (χ4v) is 11.0. The lowest BCUT2D eigenvalue weighted by atomic mass is 9.97. The molecule has 0 aromatic heterocycles. The van der Waals surface area contributed by atoms with E-state index in [1.165, 1.54) is 18.9 Å². The number of aliphatic hydroxyl groups is 11. The Morgan fingerprint density at radius 1 is 0.507 bits per heavy atom. The standard InChI is InChI=1S/C42H79N3O22S4/c1-58-39-36(59-8-2-11-68-14-5-43)33(55)29(51)24(65-39)19-63-41-38(61-9-3-12-69-15-6-44)34(56)30(52)25(66-41)20-62-40-37(32(54)28(50)22(17-46)64-40)60-10-4-13-70-16-7-45-26(48)21-71-42-35(57)31(53)27(49)23(18-47)67-42/h22-25,27-42,46-47,49-57H,2-21,43-44H2,1H3,(H,45,48)/t22-,23?,24-,25-,27-,28-,29-,30-,31+,32+,33+,34+,35?,36-,37-,38-,39+,40+,41+,42-/m1/s1. The highest BCUT2D eigenvalue weighted by molar-refractivity contribution is 8.00. The van der Waals surface area contributed by atoms with Gasteiger partial charge in [-0.2, -0.15) is 35.3 Å². The molecule has 0 aliphatic carbocycles. The Balaban J connectivity index is 1.29. The predicted molar refractivity (Wildman–Crippen MR) is 260 cm³/mol. The summed E-state index contributed by atoms with van der Waals surface area (Å²) in [5.74, 6) is 3.65.